The van der Waals surface area contributed by atoms with Crippen molar-refractivity contribution in [2.45, 2.75) is 13.3 Å². The molecule has 0 heterocycles. The first-order valence-corrected chi connectivity index (χ1v) is 8.53. The molecular weight excluding hydrogens is 356 g/mol. The van der Waals surface area contributed by atoms with Gasteiger partial charge in [0.15, 0.2) is 0 Å². The maximum absolute atomic E-state index is 12.4. The number of ether oxygens (including phenoxy) is 2. The Bertz CT molecular complexity index is 644. The largest absolute Gasteiger partial charge is 0.466 e. The molecule has 148 valence electrons. The average Bonchev–Trinajstić information content (AvgIpc) is 2.66. The Morgan fingerprint density at radius 1 is 1.22 bits per heavy atom. The van der Waals surface area contributed by atoms with Crippen LogP contribution in [0.15, 0.2) is 30.3 Å². The molecule has 1 rings (SSSR count). The lowest BCUT2D eigenvalue weighted by molar-refractivity contribution is -0.384. The van der Waals surface area contributed by atoms with Gasteiger partial charge in [-0.1, -0.05) is 0 Å². The van der Waals surface area contributed by atoms with Crippen LogP contribution in [0.25, 0.3) is 6.08 Å². The first kappa shape index (κ1) is 22.3. The van der Waals surface area contributed by atoms with Crippen LogP contribution >= 0.6 is 0 Å². The van der Waals surface area contributed by atoms with Crippen molar-refractivity contribution in [3.05, 3.63) is 46.0 Å². The maximum atomic E-state index is 12.4. The zero-order valence-corrected chi connectivity index (χ0v) is 15.2. The number of benzene rings is 1. The molecule has 1 aromatic rings. The lowest BCUT2D eigenvalue weighted by atomic mass is 10.2. The maximum Gasteiger partial charge on any atom is 0.307 e. The fourth-order valence-electron chi connectivity index (χ4n) is 2.11. The van der Waals surface area contributed by atoms with Gasteiger partial charge in [-0.3, -0.25) is 19.7 Å². The van der Waals surface area contributed by atoms with E-state index in [1.165, 1.54) is 41.3 Å². The molecule has 9 nitrogen and oxygen atoms in total. The quantitative estimate of drug-likeness (QED) is 0.191. The highest BCUT2D eigenvalue weighted by atomic mass is 16.6. The minimum Gasteiger partial charge on any atom is -0.466 e. The number of nitro groups is 1. The summed E-state index contributed by atoms with van der Waals surface area (Å²) in [6.45, 7) is 2.67. The second-order valence-corrected chi connectivity index (χ2v) is 5.40. The van der Waals surface area contributed by atoms with Gasteiger partial charge in [0.25, 0.3) is 5.69 Å². The number of carbonyl (C=O) groups excluding carboxylic acids is 2. The molecule has 0 atom stereocenters. The molecule has 1 aromatic carbocycles. The number of aliphatic hydroxyl groups excluding tert-OH is 1. The highest BCUT2D eigenvalue weighted by Crippen LogP contribution is 2.13. The monoisotopic (exact) mass is 380 g/mol. The first-order valence-electron chi connectivity index (χ1n) is 8.53. The van der Waals surface area contributed by atoms with E-state index in [4.69, 9.17) is 14.6 Å². The van der Waals surface area contributed by atoms with E-state index in [9.17, 15) is 19.7 Å². The van der Waals surface area contributed by atoms with E-state index in [0.29, 0.717) is 5.56 Å². The Morgan fingerprint density at radius 2 is 1.93 bits per heavy atom. The zero-order chi connectivity index (χ0) is 20.1. The molecule has 0 radical (unpaired) electrons. The lowest BCUT2D eigenvalue weighted by Crippen LogP contribution is -2.35. The van der Waals surface area contributed by atoms with Crippen LogP contribution in [0, 0.1) is 10.1 Å². The zero-order valence-electron chi connectivity index (χ0n) is 15.2. The van der Waals surface area contributed by atoms with Gasteiger partial charge < -0.3 is 19.5 Å². The van der Waals surface area contributed by atoms with Gasteiger partial charge in [0.2, 0.25) is 5.91 Å². The van der Waals surface area contributed by atoms with E-state index in [1.54, 1.807) is 6.92 Å². The molecule has 0 bridgehead atoms. The molecule has 9 heteroatoms. The van der Waals surface area contributed by atoms with Gasteiger partial charge in [0.05, 0.1) is 37.8 Å². The molecule has 0 saturated carbocycles. The number of hydrogen-bond acceptors (Lipinski definition) is 7. The van der Waals surface area contributed by atoms with Crippen molar-refractivity contribution in [2.24, 2.45) is 0 Å². The van der Waals surface area contributed by atoms with Crippen LogP contribution in [0.5, 0.6) is 0 Å². The van der Waals surface area contributed by atoms with Gasteiger partial charge in [0.1, 0.15) is 0 Å². The minimum atomic E-state index is -0.498. The number of aliphatic hydroxyl groups is 1. The fourth-order valence-corrected chi connectivity index (χ4v) is 2.11. The lowest BCUT2D eigenvalue weighted by Gasteiger charge is -2.20. The molecule has 0 aromatic heterocycles. The van der Waals surface area contributed by atoms with Crippen LogP contribution in [-0.2, 0) is 19.1 Å². The molecule has 27 heavy (non-hydrogen) atoms. The van der Waals surface area contributed by atoms with E-state index in [2.05, 4.69) is 0 Å². The predicted octanol–water partition coefficient (Wildman–Crippen LogP) is 1.40. The van der Waals surface area contributed by atoms with Gasteiger partial charge in [0, 0.05) is 31.3 Å². The number of carbonyl (C=O) groups is 2. The number of nitro benzene ring substituents is 1. The van der Waals surface area contributed by atoms with Crippen LogP contribution in [0.1, 0.15) is 18.9 Å². The Morgan fingerprint density at radius 3 is 2.52 bits per heavy atom. The Balaban J connectivity index is 2.68. The normalized spacial score (nSPS) is 10.7. The summed E-state index contributed by atoms with van der Waals surface area (Å²) in [5, 5.41) is 19.4. The summed E-state index contributed by atoms with van der Waals surface area (Å²) in [7, 11) is 0. The van der Waals surface area contributed by atoms with Gasteiger partial charge >= 0.3 is 5.97 Å². The smallest absolute Gasteiger partial charge is 0.307 e. The molecule has 0 unspecified atom stereocenters. The Labute approximate surface area is 157 Å². The summed E-state index contributed by atoms with van der Waals surface area (Å²) < 4.78 is 10.0. The van der Waals surface area contributed by atoms with Crippen LogP contribution < -0.4 is 0 Å². The average molecular weight is 380 g/mol. The Hall–Kier alpha value is -2.78. The number of non-ortho nitro benzene ring substituents is 1. The Kier molecular flexibility index (Phi) is 10.4. The van der Waals surface area contributed by atoms with Gasteiger partial charge in [-0.25, -0.2) is 0 Å². The third kappa shape index (κ3) is 8.93. The molecular formula is C18H24N2O7. The number of nitrogens with zero attached hydrogens (tertiary/aromatic N) is 2. The summed E-state index contributed by atoms with van der Waals surface area (Å²) in [6.07, 6.45) is 2.93. The highest BCUT2D eigenvalue weighted by molar-refractivity contribution is 5.92. The van der Waals surface area contributed by atoms with Crippen LogP contribution in [0.3, 0.4) is 0 Å². The second-order valence-electron chi connectivity index (χ2n) is 5.40. The standard InChI is InChI=1S/C18H24N2O7/c1-2-27-18(23)9-10-19(11-13-26-14-12-21)17(22)8-5-15-3-6-16(7-4-15)20(24)25/h3-8,21H,2,9-14H2,1H3/b8-5+. The van der Waals surface area contributed by atoms with E-state index < -0.39 is 10.9 Å². The third-order valence-corrected chi connectivity index (χ3v) is 3.47. The number of rotatable bonds is 12. The van der Waals surface area contributed by atoms with Crippen molar-refractivity contribution in [3.8, 4) is 0 Å². The van der Waals surface area contributed by atoms with Crippen molar-refractivity contribution >= 4 is 23.6 Å². The number of esters is 1. The summed E-state index contributed by atoms with van der Waals surface area (Å²) in [5.74, 6) is -0.726. The van der Waals surface area contributed by atoms with Gasteiger partial charge in [-0.15, -0.1) is 0 Å². The van der Waals surface area contributed by atoms with E-state index >= 15 is 0 Å². The van der Waals surface area contributed by atoms with Gasteiger partial charge in [-0.05, 0) is 30.7 Å². The molecule has 0 saturated heterocycles. The summed E-state index contributed by atoms with van der Waals surface area (Å²) in [5.41, 5.74) is 0.603. The summed E-state index contributed by atoms with van der Waals surface area (Å²) in [6, 6.07) is 5.78. The van der Waals surface area contributed by atoms with Crippen LogP contribution in [0.4, 0.5) is 5.69 Å². The third-order valence-electron chi connectivity index (χ3n) is 3.47. The highest BCUT2D eigenvalue weighted by Gasteiger charge is 2.13. The van der Waals surface area contributed by atoms with Crippen molar-refractivity contribution in [3.63, 3.8) is 0 Å². The van der Waals surface area contributed by atoms with Crippen molar-refractivity contribution in [1.82, 2.24) is 4.90 Å². The predicted molar refractivity (Wildman–Crippen MR) is 97.9 cm³/mol. The molecule has 0 aliphatic carbocycles. The first-order chi connectivity index (χ1) is 13.0. The number of amides is 1. The summed E-state index contributed by atoms with van der Waals surface area (Å²) >= 11 is 0. The van der Waals surface area contributed by atoms with Crippen molar-refractivity contribution < 1.29 is 29.1 Å². The molecule has 1 amide bonds. The SMILES string of the molecule is CCOC(=O)CCN(CCOCCO)C(=O)/C=C/c1ccc([N+](=O)[O-])cc1. The molecule has 1 N–H and O–H groups in total. The van der Waals surface area contributed by atoms with Crippen molar-refractivity contribution in [2.75, 3.05) is 39.5 Å². The van der Waals surface area contributed by atoms with E-state index in [-0.39, 0.29) is 57.5 Å². The van der Waals surface area contributed by atoms with E-state index in [1.807, 2.05) is 0 Å². The minimum absolute atomic E-state index is 0.0319. The number of hydrogen-bond donors (Lipinski definition) is 1. The van der Waals surface area contributed by atoms with Crippen molar-refractivity contribution in [1.29, 1.82) is 0 Å². The molecule has 0 aliphatic heterocycles. The van der Waals surface area contributed by atoms with Gasteiger partial charge in [-0.2, -0.15) is 0 Å². The molecule has 0 fully saturated rings. The summed E-state index contributed by atoms with van der Waals surface area (Å²) in [4.78, 5) is 35.5. The second kappa shape index (κ2) is 12.6. The van der Waals surface area contributed by atoms with Crippen LogP contribution in [0.2, 0.25) is 0 Å². The fraction of sp³-hybridized carbons (Fsp3) is 0.444. The molecule has 0 spiro atoms. The molecule has 0 aliphatic rings. The van der Waals surface area contributed by atoms with E-state index in [0.717, 1.165) is 0 Å². The van der Waals surface area contributed by atoms with Crippen LogP contribution in [-0.4, -0.2) is 66.3 Å². The topological polar surface area (TPSA) is 119 Å².